The second-order valence-corrected chi connectivity index (χ2v) is 3.59. The third-order valence-electron chi connectivity index (χ3n) is 1.98. The number of aryl methyl sites for hydroxylation is 1. The van der Waals surface area contributed by atoms with Crippen LogP contribution >= 0.6 is 15.9 Å². The van der Waals surface area contributed by atoms with Gasteiger partial charge in [-0.25, -0.2) is 0 Å². The summed E-state index contributed by atoms with van der Waals surface area (Å²) in [7, 11) is 0. The minimum atomic E-state index is 0.303. The fourth-order valence-electron chi connectivity index (χ4n) is 1.28. The second kappa shape index (κ2) is 2.52. The number of aromatic hydroxyl groups is 1. The van der Waals surface area contributed by atoms with Gasteiger partial charge in [-0.1, -0.05) is 0 Å². The first-order chi connectivity index (χ1) is 5.68. The van der Waals surface area contributed by atoms with Crippen molar-refractivity contribution in [1.82, 2.24) is 4.98 Å². The first-order valence-electron chi connectivity index (χ1n) is 3.65. The van der Waals surface area contributed by atoms with Crippen LogP contribution in [-0.2, 0) is 0 Å². The molecule has 0 atom stereocenters. The van der Waals surface area contributed by atoms with Gasteiger partial charge in [-0.05, 0) is 46.6 Å². The van der Waals surface area contributed by atoms with Crippen molar-refractivity contribution < 1.29 is 5.11 Å². The fraction of sp³-hybridized carbons (Fsp3) is 0.111. The summed E-state index contributed by atoms with van der Waals surface area (Å²) in [5.74, 6) is 0.303. The maximum atomic E-state index is 9.23. The van der Waals surface area contributed by atoms with Crippen molar-refractivity contribution in [3.05, 3.63) is 28.4 Å². The van der Waals surface area contributed by atoms with Crippen LogP contribution in [0.15, 0.2) is 22.8 Å². The highest BCUT2D eigenvalue weighted by Gasteiger charge is 2.04. The number of hydrogen-bond acceptors (Lipinski definition) is 1. The lowest BCUT2D eigenvalue weighted by Crippen LogP contribution is -1.68. The van der Waals surface area contributed by atoms with E-state index in [0.29, 0.717) is 5.75 Å². The molecule has 0 aliphatic carbocycles. The van der Waals surface area contributed by atoms with Crippen LogP contribution in [0.2, 0.25) is 0 Å². The maximum absolute atomic E-state index is 9.23. The SMILES string of the molecule is Cc1c(Br)[nH]c2ccc(O)cc12. The Kier molecular flexibility index (Phi) is 1.61. The van der Waals surface area contributed by atoms with E-state index in [4.69, 9.17) is 0 Å². The summed E-state index contributed by atoms with van der Waals surface area (Å²) >= 11 is 3.40. The van der Waals surface area contributed by atoms with E-state index in [-0.39, 0.29) is 0 Å². The zero-order valence-electron chi connectivity index (χ0n) is 6.56. The quantitative estimate of drug-likeness (QED) is 0.711. The van der Waals surface area contributed by atoms with E-state index < -0.39 is 0 Å². The number of aromatic nitrogens is 1. The van der Waals surface area contributed by atoms with Gasteiger partial charge in [0.15, 0.2) is 0 Å². The van der Waals surface area contributed by atoms with Crippen molar-refractivity contribution in [1.29, 1.82) is 0 Å². The van der Waals surface area contributed by atoms with Crippen LogP contribution in [0, 0.1) is 6.92 Å². The number of phenolic OH excluding ortho intramolecular Hbond substituents is 1. The highest BCUT2D eigenvalue weighted by Crippen LogP contribution is 2.27. The average molecular weight is 226 g/mol. The monoisotopic (exact) mass is 225 g/mol. The topological polar surface area (TPSA) is 36.0 Å². The molecule has 1 heterocycles. The Labute approximate surface area is 78.3 Å². The lowest BCUT2D eigenvalue weighted by atomic mass is 10.2. The Bertz CT molecular complexity index is 433. The van der Waals surface area contributed by atoms with E-state index in [0.717, 1.165) is 21.1 Å². The smallest absolute Gasteiger partial charge is 0.116 e. The van der Waals surface area contributed by atoms with E-state index in [9.17, 15) is 5.11 Å². The molecule has 12 heavy (non-hydrogen) atoms. The van der Waals surface area contributed by atoms with Gasteiger partial charge >= 0.3 is 0 Å². The second-order valence-electron chi connectivity index (χ2n) is 2.79. The van der Waals surface area contributed by atoms with Gasteiger partial charge < -0.3 is 10.1 Å². The molecule has 2 N–H and O–H groups in total. The van der Waals surface area contributed by atoms with E-state index in [2.05, 4.69) is 20.9 Å². The molecule has 0 saturated carbocycles. The van der Waals surface area contributed by atoms with Crippen molar-refractivity contribution >= 4 is 26.8 Å². The Balaban J connectivity index is 2.88. The molecule has 1 aromatic carbocycles. The van der Waals surface area contributed by atoms with Gasteiger partial charge in [0.05, 0.1) is 4.60 Å². The number of H-pyrrole nitrogens is 1. The summed E-state index contributed by atoms with van der Waals surface area (Å²) in [6.07, 6.45) is 0. The molecule has 0 saturated heterocycles. The van der Waals surface area contributed by atoms with E-state index in [1.165, 1.54) is 0 Å². The normalized spacial score (nSPS) is 10.8. The molecular weight excluding hydrogens is 218 g/mol. The molecule has 0 radical (unpaired) electrons. The number of benzene rings is 1. The summed E-state index contributed by atoms with van der Waals surface area (Å²) < 4.78 is 0.975. The van der Waals surface area contributed by atoms with Crippen LogP contribution in [0.25, 0.3) is 10.9 Å². The lowest BCUT2D eigenvalue weighted by Gasteiger charge is -1.92. The number of rotatable bonds is 0. The molecular formula is C9H8BrNO. The molecule has 1 aromatic heterocycles. The highest BCUT2D eigenvalue weighted by atomic mass is 79.9. The molecule has 0 amide bonds. The largest absolute Gasteiger partial charge is 0.508 e. The third-order valence-corrected chi connectivity index (χ3v) is 2.77. The molecule has 0 spiro atoms. The predicted octanol–water partition coefficient (Wildman–Crippen LogP) is 2.94. The number of phenols is 1. The highest BCUT2D eigenvalue weighted by molar-refractivity contribution is 9.10. The van der Waals surface area contributed by atoms with Gasteiger partial charge in [-0.15, -0.1) is 0 Å². The molecule has 3 heteroatoms. The van der Waals surface area contributed by atoms with Gasteiger partial charge in [0.2, 0.25) is 0 Å². The Morgan fingerprint density at radius 3 is 2.92 bits per heavy atom. The summed E-state index contributed by atoms with van der Waals surface area (Å²) in [5.41, 5.74) is 2.16. The zero-order chi connectivity index (χ0) is 8.72. The Morgan fingerprint density at radius 1 is 1.42 bits per heavy atom. The van der Waals surface area contributed by atoms with Crippen LogP contribution in [0.3, 0.4) is 0 Å². The number of halogens is 1. The molecule has 0 aliphatic heterocycles. The summed E-state index contributed by atoms with van der Waals surface area (Å²) in [5, 5.41) is 10.3. The van der Waals surface area contributed by atoms with Crippen molar-refractivity contribution in [3.8, 4) is 5.75 Å². The first-order valence-corrected chi connectivity index (χ1v) is 4.44. The van der Waals surface area contributed by atoms with Gasteiger partial charge in [0.1, 0.15) is 5.75 Å². The Hall–Kier alpha value is -0.960. The van der Waals surface area contributed by atoms with Crippen LogP contribution in [-0.4, -0.2) is 10.1 Å². The van der Waals surface area contributed by atoms with Crippen LogP contribution < -0.4 is 0 Å². The minimum Gasteiger partial charge on any atom is -0.508 e. The van der Waals surface area contributed by atoms with Crippen LogP contribution in [0.4, 0.5) is 0 Å². The van der Waals surface area contributed by atoms with Crippen molar-refractivity contribution in [2.75, 3.05) is 0 Å². The predicted molar refractivity (Wildman–Crippen MR) is 52.4 cm³/mol. The molecule has 0 bridgehead atoms. The van der Waals surface area contributed by atoms with Crippen LogP contribution in [0.1, 0.15) is 5.56 Å². The molecule has 0 aliphatic rings. The molecule has 2 nitrogen and oxygen atoms in total. The molecule has 0 fully saturated rings. The summed E-state index contributed by atoms with van der Waals surface area (Å²) in [4.78, 5) is 3.16. The summed E-state index contributed by atoms with van der Waals surface area (Å²) in [6.45, 7) is 2.00. The van der Waals surface area contributed by atoms with Gasteiger partial charge in [-0.2, -0.15) is 0 Å². The van der Waals surface area contributed by atoms with Crippen molar-refractivity contribution in [2.45, 2.75) is 6.92 Å². The minimum absolute atomic E-state index is 0.303. The van der Waals surface area contributed by atoms with Gasteiger partial charge in [-0.3, -0.25) is 0 Å². The molecule has 0 unspecified atom stereocenters. The summed E-state index contributed by atoms with van der Waals surface area (Å²) in [6, 6.07) is 5.29. The standard InChI is InChI=1S/C9H8BrNO/c1-5-7-4-6(12)2-3-8(7)11-9(5)10/h2-4,11-12H,1H3. The van der Waals surface area contributed by atoms with E-state index in [1.54, 1.807) is 12.1 Å². The molecule has 2 aromatic rings. The van der Waals surface area contributed by atoms with E-state index >= 15 is 0 Å². The number of aromatic amines is 1. The number of nitrogens with one attached hydrogen (secondary N) is 1. The fourth-order valence-corrected chi connectivity index (χ4v) is 1.71. The zero-order valence-corrected chi connectivity index (χ0v) is 8.14. The average Bonchev–Trinajstić information content (AvgIpc) is 2.31. The maximum Gasteiger partial charge on any atom is 0.116 e. The molecule has 62 valence electrons. The van der Waals surface area contributed by atoms with Crippen LogP contribution in [0.5, 0.6) is 5.75 Å². The van der Waals surface area contributed by atoms with Crippen molar-refractivity contribution in [3.63, 3.8) is 0 Å². The van der Waals surface area contributed by atoms with Crippen molar-refractivity contribution in [2.24, 2.45) is 0 Å². The van der Waals surface area contributed by atoms with Gasteiger partial charge in [0, 0.05) is 10.9 Å². The number of hydrogen-bond donors (Lipinski definition) is 2. The third kappa shape index (κ3) is 1.01. The lowest BCUT2D eigenvalue weighted by molar-refractivity contribution is 0.476. The van der Waals surface area contributed by atoms with Gasteiger partial charge in [0.25, 0.3) is 0 Å². The first kappa shape index (κ1) is 7.68. The Morgan fingerprint density at radius 2 is 2.17 bits per heavy atom. The molecule has 2 rings (SSSR count). The van der Waals surface area contributed by atoms with E-state index in [1.807, 2.05) is 13.0 Å². The number of fused-ring (bicyclic) bond motifs is 1.